The zero-order valence-corrected chi connectivity index (χ0v) is 10.7. The van der Waals surface area contributed by atoms with Crippen LogP contribution in [0.3, 0.4) is 0 Å². The van der Waals surface area contributed by atoms with Gasteiger partial charge >= 0.3 is 0 Å². The predicted octanol–water partition coefficient (Wildman–Crippen LogP) is 2.27. The molecule has 0 aliphatic carbocycles. The van der Waals surface area contributed by atoms with E-state index in [1.165, 1.54) is 5.56 Å². The number of aldehydes is 2. The van der Waals surface area contributed by atoms with E-state index in [0.717, 1.165) is 23.7 Å². The number of hydrogen-bond acceptors (Lipinski definition) is 3. The van der Waals surface area contributed by atoms with E-state index < -0.39 is 0 Å². The average Bonchev–Trinajstić information content (AvgIpc) is 2.39. The first kappa shape index (κ1) is 14.3. The van der Waals surface area contributed by atoms with Crippen molar-refractivity contribution in [2.45, 2.75) is 32.4 Å². The van der Waals surface area contributed by atoms with Crippen molar-refractivity contribution in [2.24, 2.45) is 0 Å². The summed E-state index contributed by atoms with van der Waals surface area (Å²) in [6.07, 6.45) is 4.44. The van der Waals surface area contributed by atoms with Gasteiger partial charge in [0.2, 0.25) is 0 Å². The third kappa shape index (κ3) is 4.26. The Bertz CT molecular complexity index is 427. The van der Waals surface area contributed by atoms with Gasteiger partial charge in [-0.2, -0.15) is 0 Å². The van der Waals surface area contributed by atoms with Crippen LogP contribution in [0.1, 0.15) is 29.5 Å². The molecule has 0 aliphatic rings. The topological polar surface area (TPSA) is 46.2 Å². The molecular weight excluding hydrogens is 226 g/mol. The van der Waals surface area contributed by atoms with Crippen LogP contribution in [0.25, 0.3) is 6.08 Å². The van der Waals surface area contributed by atoms with Crippen molar-refractivity contribution in [3.63, 3.8) is 0 Å². The number of benzene rings is 1. The zero-order chi connectivity index (χ0) is 13.4. The largest absolute Gasteiger partial charge is 0.304 e. The third-order valence-corrected chi connectivity index (χ3v) is 2.83. The predicted molar refractivity (Wildman–Crippen MR) is 73.3 cm³/mol. The first-order valence-electron chi connectivity index (χ1n) is 6.05. The Kier molecular flexibility index (Phi) is 6.01. The Hall–Kier alpha value is -1.74. The Morgan fingerprint density at radius 3 is 2.78 bits per heavy atom. The number of carbonyl (C=O) groups is 2. The minimum absolute atomic E-state index is 0.270. The summed E-state index contributed by atoms with van der Waals surface area (Å²) in [6, 6.07) is 5.85. The molecule has 18 heavy (non-hydrogen) atoms. The lowest BCUT2D eigenvalue weighted by Gasteiger charge is -2.13. The first-order chi connectivity index (χ1) is 8.71. The molecule has 1 rings (SSSR count). The summed E-state index contributed by atoms with van der Waals surface area (Å²) < 4.78 is 0. The second kappa shape index (κ2) is 7.56. The monoisotopic (exact) mass is 245 g/mol. The van der Waals surface area contributed by atoms with E-state index in [1.807, 2.05) is 19.1 Å². The fraction of sp³-hybridized carbons (Fsp3) is 0.333. The zero-order valence-electron chi connectivity index (χ0n) is 10.7. The standard InChI is InChI=1S/C15H19NO2/c1-3-13-7-6-12(2)9-14(13)10-16-15(11-18)5-4-8-17/h3,6-9,11,15-16H,1,4-5,10H2,2H3. The molecule has 96 valence electrons. The van der Waals surface area contributed by atoms with Gasteiger partial charge in [0.05, 0.1) is 6.04 Å². The van der Waals surface area contributed by atoms with E-state index in [-0.39, 0.29) is 6.04 Å². The molecule has 0 fully saturated rings. The Balaban J connectivity index is 2.66. The Labute approximate surface area is 108 Å². The van der Waals surface area contributed by atoms with Gasteiger partial charge in [-0.1, -0.05) is 36.4 Å². The number of nitrogens with one attached hydrogen (secondary N) is 1. The van der Waals surface area contributed by atoms with Crippen LogP contribution < -0.4 is 5.32 Å². The van der Waals surface area contributed by atoms with Crippen molar-refractivity contribution in [3.05, 3.63) is 41.5 Å². The van der Waals surface area contributed by atoms with Gasteiger partial charge in [0, 0.05) is 13.0 Å². The molecule has 1 aromatic rings. The maximum absolute atomic E-state index is 10.9. The lowest BCUT2D eigenvalue weighted by Crippen LogP contribution is -2.30. The van der Waals surface area contributed by atoms with Gasteiger partial charge in [0.15, 0.2) is 0 Å². The van der Waals surface area contributed by atoms with Crippen LogP contribution in [0.4, 0.5) is 0 Å². The van der Waals surface area contributed by atoms with Gasteiger partial charge in [-0.25, -0.2) is 0 Å². The summed E-state index contributed by atoms with van der Waals surface area (Å²) >= 11 is 0. The smallest absolute Gasteiger partial charge is 0.136 e. The van der Waals surface area contributed by atoms with Crippen LogP contribution in [0.2, 0.25) is 0 Å². The molecule has 1 N–H and O–H groups in total. The van der Waals surface area contributed by atoms with Crippen LogP contribution in [0, 0.1) is 6.92 Å². The molecule has 3 heteroatoms. The van der Waals surface area contributed by atoms with Gasteiger partial charge in [0.25, 0.3) is 0 Å². The molecule has 3 nitrogen and oxygen atoms in total. The van der Waals surface area contributed by atoms with Gasteiger partial charge < -0.3 is 14.9 Å². The van der Waals surface area contributed by atoms with E-state index in [2.05, 4.69) is 18.0 Å². The SMILES string of the molecule is C=Cc1ccc(C)cc1CNC(C=O)CCC=O. The van der Waals surface area contributed by atoms with Gasteiger partial charge in [-0.3, -0.25) is 0 Å². The molecule has 1 unspecified atom stereocenters. The molecule has 1 aromatic carbocycles. The highest BCUT2D eigenvalue weighted by Crippen LogP contribution is 2.13. The first-order valence-corrected chi connectivity index (χ1v) is 6.05. The highest BCUT2D eigenvalue weighted by atomic mass is 16.1. The molecule has 0 radical (unpaired) electrons. The van der Waals surface area contributed by atoms with Crippen molar-refractivity contribution in [2.75, 3.05) is 0 Å². The highest BCUT2D eigenvalue weighted by Gasteiger charge is 2.07. The van der Waals surface area contributed by atoms with E-state index in [0.29, 0.717) is 19.4 Å². The normalized spacial score (nSPS) is 11.8. The Morgan fingerprint density at radius 1 is 1.39 bits per heavy atom. The van der Waals surface area contributed by atoms with Gasteiger partial charge in [-0.05, 0) is 24.5 Å². The van der Waals surface area contributed by atoms with Crippen LogP contribution in [-0.4, -0.2) is 18.6 Å². The number of hydrogen-bond donors (Lipinski definition) is 1. The summed E-state index contributed by atoms with van der Waals surface area (Å²) in [5, 5.41) is 3.15. The highest BCUT2D eigenvalue weighted by molar-refractivity contribution is 5.59. The van der Waals surface area contributed by atoms with E-state index >= 15 is 0 Å². The summed E-state index contributed by atoms with van der Waals surface area (Å²) in [5.74, 6) is 0. The van der Waals surface area contributed by atoms with Gasteiger partial charge in [-0.15, -0.1) is 0 Å². The van der Waals surface area contributed by atoms with Crippen molar-refractivity contribution >= 4 is 18.6 Å². The molecule has 1 atom stereocenters. The van der Waals surface area contributed by atoms with E-state index in [4.69, 9.17) is 0 Å². The summed E-state index contributed by atoms with van der Waals surface area (Å²) in [5.41, 5.74) is 3.35. The minimum atomic E-state index is -0.270. The van der Waals surface area contributed by atoms with Crippen LogP contribution in [0.5, 0.6) is 0 Å². The van der Waals surface area contributed by atoms with Crippen LogP contribution >= 0.6 is 0 Å². The number of carbonyl (C=O) groups excluding carboxylic acids is 2. The van der Waals surface area contributed by atoms with Crippen molar-refractivity contribution in [3.8, 4) is 0 Å². The molecule has 0 aliphatic heterocycles. The summed E-state index contributed by atoms with van der Waals surface area (Å²) in [6.45, 7) is 6.40. The van der Waals surface area contributed by atoms with Crippen LogP contribution in [0.15, 0.2) is 24.8 Å². The molecule has 0 saturated carbocycles. The minimum Gasteiger partial charge on any atom is -0.304 e. The second-order valence-electron chi connectivity index (χ2n) is 4.27. The average molecular weight is 245 g/mol. The Morgan fingerprint density at radius 2 is 2.17 bits per heavy atom. The molecular formula is C15H19NO2. The molecule has 0 spiro atoms. The van der Waals surface area contributed by atoms with Crippen LogP contribution in [-0.2, 0) is 16.1 Å². The maximum atomic E-state index is 10.9. The quantitative estimate of drug-likeness (QED) is 0.715. The van der Waals surface area contributed by atoms with Crippen molar-refractivity contribution in [1.82, 2.24) is 5.32 Å². The molecule has 0 bridgehead atoms. The summed E-state index contributed by atoms with van der Waals surface area (Å²) in [4.78, 5) is 21.1. The molecule has 0 amide bonds. The van der Waals surface area contributed by atoms with Crippen molar-refractivity contribution < 1.29 is 9.59 Å². The second-order valence-corrected chi connectivity index (χ2v) is 4.27. The van der Waals surface area contributed by atoms with E-state index in [9.17, 15) is 9.59 Å². The lowest BCUT2D eigenvalue weighted by atomic mass is 10.0. The van der Waals surface area contributed by atoms with E-state index in [1.54, 1.807) is 6.08 Å². The molecule has 0 heterocycles. The lowest BCUT2D eigenvalue weighted by molar-refractivity contribution is -0.110. The molecule has 0 aromatic heterocycles. The summed E-state index contributed by atoms with van der Waals surface area (Å²) in [7, 11) is 0. The maximum Gasteiger partial charge on any atom is 0.136 e. The third-order valence-electron chi connectivity index (χ3n) is 2.83. The number of rotatable bonds is 8. The van der Waals surface area contributed by atoms with Gasteiger partial charge in [0.1, 0.15) is 12.6 Å². The molecule has 0 saturated heterocycles. The fourth-order valence-electron chi connectivity index (χ4n) is 1.79. The number of aryl methyl sites for hydroxylation is 1. The fourth-order valence-corrected chi connectivity index (χ4v) is 1.79. The van der Waals surface area contributed by atoms with Crippen molar-refractivity contribution in [1.29, 1.82) is 0 Å².